The Morgan fingerprint density at radius 3 is 2.86 bits per heavy atom. The predicted octanol–water partition coefficient (Wildman–Crippen LogP) is 0.596. The van der Waals surface area contributed by atoms with Gasteiger partial charge >= 0.3 is 0 Å². The topological polar surface area (TPSA) is 90.3 Å². The molecule has 1 aliphatic heterocycles. The molecule has 7 nitrogen and oxygen atoms in total. The summed E-state index contributed by atoms with van der Waals surface area (Å²) >= 11 is 0. The number of rotatable bonds is 4. The standard InChI is InChI=1S/C11H15F2N3O4S/c1-16-9(10(12)13)8(5-14-16)11(17)15-21(18,19)7-3-2-4-20-6-7/h5,7,10H,2-4,6H2,1H3,(H,15,17). The minimum atomic E-state index is -3.97. The Balaban J connectivity index is 2.18. The Morgan fingerprint density at radius 2 is 2.29 bits per heavy atom. The lowest BCUT2D eigenvalue weighted by atomic mass is 10.2. The van der Waals surface area contributed by atoms with Crippen LogP contribution in [0.1, 0.15) is 35.3 Å². The van der Waals surface area contributed by atoms with E-state index < -0.39 is 38.9 Å². The molecule has 1 aromatic rings. The van der Waals surface area contributed by atoms with Crippen LogP contribution in [0.3, 0.4) is 0 Å². The van der Waals surface area contributed by atoms with Crippen LogP contribution in [0, 0.1) is 0 Å². The van der Waals surface area contributed by atoms with Gasteiger partial charge in [0.2, 0.25) is 10.0 Å². The van der Waals surface area contributed by atoms with Crippen LogP contribution in [0.5, 0.6) is 0 Å². The smallest absolute Gasteiger partial charge is 0.280 e. The fourth-order valence-electron chi connectivity index (χ4n) is 2.10. The quantitative estimate of drug-likeness (QED) is 0.876. The first-order valence-corrected chi connectivity index (χ1v) is 7.81. The molecule has 0 aliphatic carbocycles. The van der Waals surface area contributed by atoms with Crippen LogP contribution >= 0.6 is 0 Å². The van der Waals surface area contributed by atoms with Gasteiger partial charge in [-0.25, -0.2) is 21.9 Å². The van der Waals surface area contributed by atoms with Crippen LogP contribution in [0.4, 0.5) is 8.78 Å². The fourth-order valence-corrected chi connectivity index (χ4v) is 3.39. The number of halogens is 2. The molecule has 1 atom stereocenters. The molecular formula is C11H15F2N3O4S. The summed E-state index contributed by atoms with van der Waals surface area (Å²) in [4.78, 5) is 11.9. The average molecular weight is 323 g/mol. The van der Waals surface area contributed by atoms with Gasteiger partial charge in [-0.05, 0) is 12.8 Å². The van der Waals surface area contributed by atoms with Gasteiger partial charge in [-0.2, -0.15) is 5.10 Å². The third-order valence-electron chi connectivity index (χ3n) is 3.23. The molecule has 0 spiro atoms. The molecule has 0 saturated carbocycles. The van der Waals surface area contributed by atoms with E-state index in [1.807, 2.05) is 4.72 Å². The van der Waals surface area contributed by atoms with E-state index in [0.717, 1.165) is 10.9 Å². The lowest BCUT2D eigenvalue weighted by Gasteiger charge is -2.22. The number of nitrogens with zero attached hydrogens (tertiary/aromatic N) is 2. The predicted molar refractivity (Wildman–Crippen MR) is 68.4 cm³/mol. The number of sulfonamides is 1. The number of alkyl halides is 2. The molecule has 1 N–H and O–H groups in total. The molecule has 1 aliphatic rings. The van der Waals surface area contributed by atoms with Crippen LogP contribution in [0.15, 0.2) is 6.20 Å². The summed E-state index contributed by atoms with van der Waals surface area (Å²) in [5.74, 6) is -1.11. The lowest BCUT2D eigenvalue weighted by molar-refractivity contribution is 0.0941. The summed E-state index contributed by atoms with van der Waals surface area (Å²) in [5.41, 5.74) is -1.07. The van der Waals surface area contributed by atoms with Crippen LogP contribution < -0.4 is 4.72 Å². The Morgan fingerprint density at radius 1 is 1.57 bits per heavy atom. The summed E-state index contributed by atoms with van der Waals surface area (Å²) < 4.78 is 57.5. The van der Waals surface area contributed by atoms with E-state index in [1.54, 1.807) is 0 Å². The summed E-state index contributed by atoms with van der Waals surface area (Å²) in [6.07, 6.45) is -1.09. The van der Waals surface area contributed by atoms with Crippen molar-refractivity contribution < 1.29 is 26.7 Å². The zero-order valence-corrected chi connectivity index (χ0v) is 12.1. The van der Waals surface area contributed by atoms with Gasteiger partial charge in [-0.15, -0.1) is 0 Å². The van der Waals surface area contributed by atoms with E-state index in [-0.39, 0.29) is 6.61 Å². The second-order valence-corrected chi connectivity index (χ2v) is 6.64. The Kier molecular flexibility index (Phi) is 4.57. The van der Waals surface area contributed by atoms with E-state index in [1.165, 1.54) is 7.05 Å². The number of ether oxygens (including phenoxy) is 1. The van der Waals surface area contributed by atoms with E-state index in [4.69, 9.17) is 4.74 Å². The highest BCUT2D eigenvalue weighted by Crippen LogP contribution is 2.22. The molecule has 10 heteroatoms. The maximum Gasteiger partial charge on any atom is 0.280 e. The van der Waals surface area contributed by atoms with Crippen molar-refractivity contribution in [2.75, 3.05) is 13.2 Å². The van der Waals surface area contributed by atoms with Crippen molar-refractivity contribution in [3.05, 3.63) is 17.5 Å². The van der Waals surface area contributed by atoms with Crippen LogP contribution in [-0.4, -0.2) is 42.6 Å². The van der Waals surface area contributed by atoms with Crippen molar-refractivity contribution in [1.29, 1.82) is 0 Å². The summed E-state index contributed by atoms with van der Waals surface area (Å²) in [6.45, 7) is 0.454. The molecule has 2 heterocycles. The van der Waals surface area contributed by atoms with Gasteiger partial charge in [0.15, 0.2) is 0 Å². The molecule has 2 rings (SSSR count). The highest BCUT2D eigenvalue weighted by atomic mass is 32.2. The lowest BCUT2D eigenvalue weighted by Crippen LogP contribution is -2.42. The van der Waals surface area contributed by atoms with Crippen molar-refractivity contribution in [1.82, 2.24) is 14.5 Å². The van der Waals surface area contributed by atoms with Crippen molar-refractivity contribution in [2.45, 2.75) is 24.5 Å². The summed E-state index contributed by atoms with van der Waals surface area (Å²) in [7, 11) is -2.72. The number of amides is 1. The second kappa shape index (κ2) is 6.06. The third-order valence-corrected chi connectivity index (χ3v) is 4.95. The number of hydrogen-bond acceptors (Lipinski definition) is 5. The van der Waals surface area contributed by atoms with Crippen molar-refractivity contribution in [2.24, 2.45) is 7.05 Å². The highest BCUT2D eigenvalue weighted by molar-refractivity contribution is 7.90. The molecule has 1 unspecified atom stereocenters. The van der Waals surface area contributed by atoms with E-state index in [0.29, 0.717) is 19.4 Å². The molecular weight excluding hydrogens is 308 g/mol. The first kappa shape index (κ1) is 15.8. The number of carbonyl (C=O) groups is 1. The number of aryl methyl sites for hydroxylation is 1. The van der Waals surface area contributed by atoms with Crippen molar-refractivity contribution in [3.8, 4) is 0 Å². The Labute approximate surface area is 120 Å². The van der Waals surface area contributed by atoms with Crippen LogP contribution in [0.25, 0.3) is 0 Å². The monoisotopic (exact) mass is 323 g/mol. The van der Waals surface area contributed by atoms with Gasteiger partial charge in [0.1, 0.15) is 10.9 Å². The highest BCUT2D eigenvalue weighted by Gasteiger charge is 2.32. The van der Waals surface area contributed by atoms with Gasteiger partial charge in [-0.3, -0.25) is 9.48 Å². The fraction of sp³-hybridized carbons (Fsp3) is 0.636. The molecule has 0 aromatic carbocycles. The molecule has 1 fully saturated rings. The van der Waals surface area contributed by atoms with Crippen molar-refractivity contribution >= 4 is 15.9 Å². The molecule has 118 valence electrons. The molecule has 1 aromatic heterocycles. The summed E-state index contributed by atoms with van der Waals surface area (Å²) in [5, 5.41) is 2.70. The molecule has 0 radical (unpaired) electrons. The maximum absolute atomic E-state index is 12.9. The number of nitrogens with one attached hydrogen (secondary N) is 1. The van der Waals surface area contributed by atoms with E-state index in [9.17, 15) is 22.0 Å². The van der Waals surface area contributed by atoms with E-state index in [2.05, 4.69) is 5.10 Å². The largest absolute Gasteiger partial charge is 0.380 e. The van der Waals surface area contributed by atoms with E-state index >= 15 is 0 Å². The zero-order valence-electron chi connectivity index (χ0n) is 11.3. The van der Waals surface area contributed by atoms with Gasteiger partial charge in [0.25, 0.3) is 12.3 Å². The Hall–Kier alpha value is -1.55. The Bertz CT molecular complexity index is 623. The maximum atomic E-state index is 12.9. The third kappa shape index (κ3) is 3.38. The normalized spacial score (nSPS) is 19.7. The first-order valence-electron chi connectivity index (χ1n) is 6.26. The minimum Gasteiger partial charge on any atom is -0.380 e. The molecule has 1 saturated heterocycles. The van der Waals surface area contributed by atoms with Crippen molar-refractivity contribution in [3.63, 3.8) is 0 Å². The van der Waals surface area contributed by atoms with Gasteiger partial charge < -0.3 is 4.74 Å². The first-order chi connectivity index (χ1) is 9.83. The average Bonchev–Trinajstić information content (AvgIpc) is 2.81. The number of carbonyl (C=O) groups excluding carboxylic acids is 1. The van der Waals surface area contributed by atoms with Gasteiger partial charge in [0.05, 0.1) is 18.4 Å². The van der Waals surface area contributed by atoms with Crippen LogP contribution in [0.2, 0.25) is 0 Å². The number of aromatic nitrogens is 2. The van der Waals surface area contributed by atoms with Gasteiger partial charge in [-0.1, -0.05) is 0 Å². The minimum absolute atomic E-state index is 0.0165. The summed E-state index contributed by atoms with van der Waals surface area (Å²) in [6, 6.07) is 0. The molecule has 0 bridgehead atoms. The van der Waals surface area contributed by atoms with Crippen LogP contribution in [-0.2, 0) is 21.8 Å². The second-order valence-electron chi connectivity index (χ2n) is 4.68. The zero-order chi connectivity index (χ0) is 15.6. The van der Waals surface area contributed by atoms with Gasteiger partial charge in [0, 0.05) is 13.7 Å². The SMILES string of the molecule is Cn1ncc(C(=O)NS(=O)(=O)C2CCCOC2)c1C(F)F. The molecule has 21 heavy (non-hydrogen) atoms. The number of hydrogen-bond donors (Lipinski definition) is 1. The molecule has 1 amide bonds.